The van der Waals surface area contributed by atoms with Gasteiger partial charge in [-0.15, -0.1) is 6.58 Å². The van der Waals surface area contributed by atoms with Gasteiger partial charge in [0.25, 0.3) is 11.8 Å². The first-order chi connectivity index (χ1) is 14.8. The van der Waals surface area contributed by atoms with Crippen LogP contribution in [0.2, 0.25) is 10.0 Å². The van der Waals surface area contributed by atoms with Crippen molar-refractivity contribution in [3.8, 4) is 11.5 Å². The molecular weight excluding hydrogens is 459 g/mol. The maximum atomic E-state index is 12.7. The summed E-state index contributed by atoms with van der Waals surface area (Å²) in [7, 11) is 1.54. The van der Waals surface area contributed by atoms with Crippen LogP contribution in [0.3, 0.4) is 0 Å². The number of nitrogens with one attached hydrogen (secondary N) is 1. The molecule has 0 unspecified atom stereocenters. The van der Waals surface area contributed by atoms with Crippen molar-refractivity contribution in [2.75, 3.05) is 13.7 Å². The molecule has 0 radical (unpaired) electrons. The molecule has 0 saturated carbocycles. The lowest BCUT2D eigenvalue weighted by Crippen LogP contribution is -2.53. The van der Waals surface area contributed by atoms with E-state index in [-0.39, 0.29) is 23.8 Å². The number of hydrogen-bond donors (Lipinski definition) is 1. The third kappa shape index (κ3) is 5.25. The number of carbonyl (C=O) groups is 2. The van der Waals surface area contributed by atoms with Crippen molar-refractivity contribution in [3.05, 3.63) is 75.8 Å². The Morgan fingerprint density at radius 3 is 2.58 bits per heavy atom. The van der Waals surface area contributed by atoms with Crippen LogP contribution in [0.1, 0.15) is 11.1 Å². The van der Waals surface area contributed by atoms with E-state index < -0.39 is 11.8 Å². The van der Waals surface area contributed by atoms with E-state index in [1.165, 1.54) is 17.1 Å². The molecule has 1 fully saturated rings. The minimum absolute atomic E-state index is 0.0340. The monoisotopic (exact) mass is 476 g/mol. The highest BCUT2D eigenvalue weighted by atomic mass is 35.5. The lowest BCUT2D eigenvalue weighted by Gasteiger charge is -2.27. The van der Waals surface area contributed by atoms with Crippen molar-refractivity contribution >= 4 is 58.4 Å². The van der Waals surface area contributed by atoms with Gasteiger partial charge in [0, 0.05) is 17.1 Å². The van der Waals surface area contributed by atoms with Crippen molar-refractivity contribution in [3.63, 3.8) is 0 Å². The fourth-order valence-corrected chi connectivity index (χ4v) is 3.62. The fourth-order valence-electron chi connectivity index (χ4n) is 2.90. The van der Waals surface area contributed by atoms with Gasteiger partial charge in [-0.3, -0.25) is 19.8 Å². The molecule has 0 atom stereocenters. The van der Waals surface area contributed by atoms with Crippen molar-refractivity contribution in [2.24, 2.45) is 0 Å². The molecule has 31 heavy (non-hydrogen) atoms. The number of amides is 2. The minimum atomic E-state index is -0.558. The standard InChI is InChI=1S/C22H18Cl2N2O4S/c1-3-8-26-21(28)16(20(27)25-22(26)31)10-13-4-6-18(29-2)14(9-13)12-30-19-7-5-15(23)11-17(19)24/h3-7,9-11H,1,8,12H2,2H3,(H,25,27,31). The van der Waals surface area contributed by atoms with Crippen molar-refractivity contribution in [2.45, 2.75) is 6.61 Å². The first-order valence-corrected chi connectivity index (χ1v) is 10.2. The number of methoxy groups -OCH3 is 1. The predicted octanol–water partition coefficient (Wildman–Crippen LogP) is 4.39. The zero-order chi connectivity index (χ0) is 22.5. The Kier molecular flexibility index (Phi) is 7.33. The molecule has 2 aromatic rings. The smallest absolute Gasteiger partial charge is 0.265 e. The summed E-state index contributed by atoms with van der Waals surface area (Å²) >= 11 is 17.1. The number of nitrogens with zero attached hydrogens (tertiary/aromatic N) is 1. The van der Waals surface area contributed by atoms with Crippen LogP contribution in [0.5, 0.6) is 11.5 Å². The number of ether oxygens (including phenoxy) is 2. The summed E-state index contributed by atoms with van der Waals surface area (Å²) in [6, 6.07) is 10.2. The highest BCUT2D eigenvalue weighted by molar-refractivity contribution is 7.80. The Labute approximate surface area is 195 Å². The molecule has 1 N–H and O–H groups in total. The maximum absolute atomic E-state index is 12.7. The summed E-state index contributed by atoms with van der Waals surface area (Å²) in [6.45, 7) is 3.95. The lowest BCUT2D eigenvalue weighted by atomic mass is 10.0. The molecule has 1 heterocycles. The fraction of sp³-hybridized carbons (Fsp3) is 0.136. The van der Waals surface area contributed by atoms with Gasteiger partial charge in [0.1, 0.15) is 23.7 Å². The van der Waals surface area contributed by atoms with E-state index in [4.69, 9.17) is 44.9 Å². The summed E-state index contributed by atoms with van der Waals surface area (Å²) in [5.74, 6) is 0.000466. The summed E-state index contributed by atoms with van der Waals surface area (Å²) < 4.78 is 11.2. The van der Waals surface area contributed by atoms with Gasteiger partial charge in [0.2, 0.25) is 0 Å². The second kappa shape index (κ2) is 9.96. The van der Waals surface area contributed by atoms with Crippen LogP contribution in [0, 0.1) is 0 Å². The highest BCUT2D eigenvalue weighted by Crippen LogP contribution is 2.30. The van der Waals surface area contributed by atoms with Crippen LogP contribution in [0.4, 0.5) is 0 Å². The van der Waals surface area contributed by atoms with E-state index in [1.54, 1.807) is 43.5 Å². The van der Waals surface area contributed by atoms with E-state index in [0.29, 0.717) is 32.7 Å². The molecule has 1 aliphatic rings. The molecular formula is C22H18Cl2N2O4S. The van der Waals surface area contributed by atoms with Gasteiger partial charge in [-0.05, 0) is 54.2 Å². The molecule has 2 amide bonds. The van der Waals surface area contributed by atoms with Crippen LogP contribution < -0.4 is 14.8 Å². The molecule has 0 aromatic heterocycles. The van der Waals surface area contributed by atoms with Crippen molar-refractivity contribution in [1.29, 1.82) is 0 Å². The molecule has 0 spiro atoms. The Morgan fingerprint density at radius 1 is 1.16 bits per heavy atom. The Bertz CT molecular complexity index is 1100. The second-order valence-electron chi connectivity index (χ2n) is 6.46. The number of benzene rings is 2. The molecule has 2 aromatic carbocycles. The number of halogens is 2. The number of rotatable bonds is 7. The van der Waals surface area contributed by atoms with E-state index in [2.05, 4.69) is 11.9 Å². The van der Waals surface area contributed by atoms with Gasteiger partial charge in [0.05, 0.1) is 12.1 Å². The first-order valence-electron chi connectivity index (χ1n) is 9.08. The van der Waals surface area contributed by atoms with Gasteiger partial charge in [-0.25, -0.2) is 0 Å². The van der Waals surface area contributed by atoms with Gasteiger partial charge >= 0.3 is 0 Å². The number of hydrogen-bond acceptors (Lipinski definition) is 5. The lowest BCUT2D eigenvalue weighted by molar-refractivity contribution is -0.128. The molecule has 1 aliphatic heterocycles. The quantitative estimate of drug-likeness (QED) is 0.277. The molecule has 160 valence electrons. The highest BCUT2D eigenvalue weighted by Gasteiger charge is 2.32. The topological polar surface area (TPSA) is 67.9 Å². The summed E-state index contributed by atoms with van der Waals surface area (Å²) in [4.78, 5) is 26.3. The normalized spacial score (nSPS) is 15.1. The Morgan fingerprint density at radius 2 is 1.90 bits per heavy atom. The maximum Gasteiger partial charge on any atom is 0.265 e. The third-order valence-electron chi connectivity index (χ3n) is 4.39. The number of carbonyl (C=O) groups excluding carboxylic acids is 2. The zero-order valence-corrected chi connectivity index (χ0v) is 18.8. The molecule has 6 nitrogen and oxygen atoms in total. The van der Waals surface area contributed by atoms with E-state index >= 15 is 0 Å². The van der Waals surface area contributed by atoms with Gasteiger partial charge < -0.3 is 9.47 Å². The van der Waals surface area contributed by atoms with Crippen molar-refractivity contribution in [1.82, 2.24) is 10.2 Å². The number of thiocarbonyl (C=S) groups is 1. The van der Waals surface area contributed by atoms with Gasteiger partial charge in [-0.1, -0.05) is 35.3 Å². The Balaban J connectivity index is 1.88. The van der Waals surface area contributed by atoms with Crippen LogP contribution in [-0.4, -0.2) is 35.5 Å². The molecule has 9 heteroatoms. The molecule has 0 bridgehead atoms. The SMILES string of the molecule is C=CCN1C(=O)C(=Cc2ccc(OC)c(COc3ccc(Cl)cc3Cl)c2)C(=O)NC1=S. The Hall–Kier alpha value is -2.87. The van der Waals surface area contributed by atoms with E-state index in [9.17, 15) is 9.59 Å². The largest absolute Gasteiger partial charge is 0.496 e. The van der Waals surface area contributed by atoms with E-state index in [0.717, 1.165) is 0 Å². The van der Waals surface area contributed by atoms with Crippen LogP contribution in [0.15, 0.2) is 54.6 Å². The van der Waals surface area contributed by atoms with Crippen LogP contribution in [0.25, 0.3) is 6.08 Å². The predicted molar refractivity (Wildman–Crippen MR) is 124 cm³/mol. The molecule has 0 aliphatic carbocycles. The average Bonchev–Trinajstić information content (AvgIpc) is 2.73. The van der Waals surface area contributed by atoms with Crippen LogP contribution in [-0.2, 0) is 16.2 Å². The summed E-state index contributed by atoms with van der Waals surface area (Å²) in [5, 5.41) is 3.45. The molecule has 1 saturated heterocycles. The second-order valence-corrected chi connectivity index (χ2v) is 7.69. The molecule has 3 rings (SSSR count). The van der Waals surface area contributed by atoms with Crippen molar-refractivity contribution < 1.29 is 19.1 Å². The zero-order valence-electron chi connectivity index (χ0n) is 16.5. The summed E-state index contributed by atoms with van der Waals surface area (Å²) in [5.41, 5.74) is 1.28. The van der Waals surface area contributed by atoms with Gasteiger partial charge in [0.15, 0.2) is 5.11 Å². The average molecular weight is 477 g/mol. The van der Waals surface area contributed by atoms with Gasteiger partial charge in [-0.2, -0.15) is 0 Å². The van der Waals surface area contributed by atoms with E-state index in [1.807, 2.05) is 0 Å². The third-order valence-corrected chi connectivity index (χ3v) is 5.24. The minimum Gasteiger partial charge on any atom is -0.496 e. The van der Waals surface area contributed by atoms with Crippen LogP contribution >= 0.6 is 35.4 Å². The first kappa shape index (κ1) is 22.8. The summed E-state index contributed by atoms with van der Waals surface area (Å²) in [6.07, 6.45) is 3.03.